The molecule has 0 unspecified atom stereocenters. The van der Waals surface area contributed by atoms with Crippen LogP contribution in [0.3, 0.4) is 0 Å². The number of Topliss-reactive ketones (excluding diaryl/α,β-unsaturated/α-hetero) is 1. The summed E-state index contributed by atoms with van der Waals surface area (Å²) in [7, 11) is 1.26. The summed E-state index contributed by atoms with van der Waals surface area (Å²) in [6, 6.07) is 3.49. The third-order valence-corrected chi connectivity index (χ3v) is 4.19. The van der Waals surface area contributed by atoms with Gasteiger partial charge in [-0.2, -0.15) is 0 Å². The van der Waals surface area contributed by atoms with Gasteiger partial charge in [0.15, 0.2) is 6.61 Å². The molecule has 0 saturated carbocycles. The highest BCUT2D eigenvalue weighted by atomic mass is 35.5. The second-order valence-corrected chi connectivity index (χ2v) is 6.90. The van der Waals surface area contributed by atoms with E-state index < -0.39 is 28.6 Å². The van der Waals surface area contributed by atoms with Crippen LogP contribution in [0.5, 0.6) is 5.75 Å². The van der Waals surface area contributed by atoms with E-state index in [1.165, 1.54) is 19.2 Å². The first-order valence-electron chi connectivity index (χ1n) is 8.23. The van der Waals surface area contributed by atoms with Crippen LogP contribution >= 0.6 is 11.6 Å². The summed E-state index contributed by atoms with van der Waals surface area (Å²) in [5, 5.41) is 10.7. The number of halogens is 1. The van der Waals surface area contributed by atoms with Gasteiger partial charge in [0.1, 0.15) is 17.1 Å². The fourth-order valence-electron chi connectivity index (χ4n) is 2.52. The van der Waals surface area contributed by atoms with E-state index in [-0.39, 0.29) is 40.3 Å². The van der Waals surface area contributed by atoms with Crippen molar-refractivity contribution in [3.05, 3.63) is 59.7 Å². The predicted octanol–water partition coefficient (Wildman–Crippen LogP) is 1.61. The minimum atomic E-state index is -0.828. The molecule has 0 fully saturated rings. The number of ether oxygens (including phenoxy) is 1. The van der Waals surface area contributed by atoms with E-state index in [0.29, 0.717) is 0 Å². The molecule has 0 aliphatic rings. The van der Waals surface area contributed by atoms with Crippen molar-refractivity contribution in [1.82, 2.24) is 9.13 Å². The zero-order chi connectivity index (χ0) is 21.2. The Hall–Kier alpha value is -3.14. The van der Waals surface area contributed by atoms with Gasteiger partial charge in [-0.3, -0.25) is 28.8 Å². The molecule has 28 heavy (non-hydrogen) atoms. The van der Waals surface area contributed by atoms with E-state index in [2.05, 4.69) is 0 Å². The molecule has 1 aromatic carbocycles. The normalized spacial score (nSPS) is 10.9. The van der Waals surface area contributed by atoms with Gasteiger partial charge in [-0.15, -0.1) is 0 Å². The summed E-state index contributed by atoms with van der Waals surface area (Å²) in [4.78, 5) is 47.3. The van der Waals surface area contributed by atoms with Gasteiger partial charge in [0, 0.05) is 25.7 Å². The summed E-state index contributed by atoms with van der Waals surface area (Å²) >= 11 is 5.92. The highest BCUT2D eigenvalue weighted by molar-refractivity contribution is 6.32. The number of carbonyl (C=O) groups excluding carboxylic acids is 1. The van der Waals surface area contributed by atoms with Crippen molar-refractivity contribution in [3.8, 4) is 5.75 Å². The van der Waals surface area contributed by atoms with E-state index >= 15 is 0 Å². The van der Waals surface area contributed by atoms with Crippen LogP contribution in [-0.2, 0) is 13.6 Å². The zero-order valence-electron chi connectivity index (χ0n) is 15.5. The van der Waals surface area contributed by atoms with Crippen molar-refractivity contribution in [2.75, 3.05) is 12.3 Å². The maximum Gasteiger partial charge on any atom is 0.332 e. The molecule has 0 atom stereocenters. The largest absolute Gasteiger partial charge is 0.484 e. The number of benzene rings is 1. The van der Waals surface area contributed by atoms with Gasteiger partial charge in [0.25, 0.3) is 11.2 Å². The molecule has 1 aromatic heterocycles. The fourth-order valence-corrected chi connectivity index (χ4v) is 2.75. The van der Waals surface area contributed by atoms with Gasteiger partial charge in [-0.1, -0.05) is 25.4 Å². The van der Waals surface area contributed by atoms with Gasteiger partial charge in [-0.05, 0) is 12.0 Å². The number of hydrogen-bond acceptors (Lipinski definition) is 7. The Morgan fingerprint density at radius 3 is 2.54 bits per heavy atom. The number of nitrogens with two attached hydrogens (primary N) is 1. The predicted molar refractivity (Wildman–Crippen MR) is 103 cm³/mol. The van der Waals surface area contributed by atoms with Gasteiger partial charge in [-0.25, -0.2) is 4.79 Å². The molecular weight excluding hydrogens is 392 g/mol. The first-order valence-corrected chi connectivity index (χ1v) is 8.61. The van der Waals surface area contributed by atoms with E-state index in [9.17, 15) is 24.5 Å². The topological polar surface area (TPSA) is 139 Å². The Labute approximate surface area is 164 Å². The number of nitrogens with zero attached hydrogens (tertiary/aromatic N) is 3. The average Bonchev–Trinajstić information content (AvgIpc) is 2.62. The molecule has 0 saturated heterocycles. The van der Waals surface area contributed by atoms with Crippen molar-refractivity contribution in [3.63, 3.8) is 0 Å². The molecule has 0 amide bonds. The lowest BCUT2D eigenvalue weighted by Crippen LogP contribution is -2.43. The molecule has 0 bridgehead atoms. The van der Waals surface area contributed by atoms with Crippen LogP contribution in [0.2, 0.25) is 5.02 Å². The van der Waals surface area contributed by atoms with Crippen LogP contribution in [0.25, 0.3) is 0 Å². The molecule has 10 nitrogen and oxygen atoms in total. The zero-order valence-corrected chi connectivity index (χ0v) is 16.2. The van der Waals surface area contributed by atoms with Crippen LogP contribution in [-0.4, -0.2) is 26.4 Å². The number of hydrogen-bond donors (Lipinski definition) is 1. The molecule has 150 valence electrons. The monoisotopic (exact) mass is 410 g/mol. The van der Waals surface area contributed by atoms with E-state index in [0.717, 1.165) is 15.2 Å². The van der Waals surface area contributed by atoms with Crippen LogP contribution in [0.15, 0.2) is 27.8 Å². The standard InChI is InChI=1S/C17H19ClN4O6/c1-9(2)7-21-15(19)14(16(24)20(3)17(21)25)12(23)8-28-13-5-4-10(22(26)27)6-11(13)18/h4-6,9H,7-8,19H2,1-3H3. The first kappa shape index (κ1) is 21.2. The van der Waals surface area contributed by atoms with Crippen LogP contribution < -0.4 is 21.7 Å². The average molecular weight is 411 g/mol. The Kier molecular flexibility index (Phi) is 6.24. The maximum atomic E-state index is 12.6. The molecule has 0 aliphatic heterocycles. The second-order valence-electron chi connectivity index (χ2n) is 6.50. The summed E-state index contributed by atoms with van der Waals surface area (Å²) in [5.74, 6) is -0.891. The van der Waals surface area contributed by atoms with Gasteiger partial charge >= 0.3 is 5.69 Å². The van der Waals surface area contributed by atoms with Crippen molar-refractivity contribution >= 4 is 28.9 Å². The SMILES string of the molecule is CC(C)Cn1c(N)c(C(=O)COc2ccc([N+](=O)[O-])cc2Cl)c(=O)n(C)c1=O. The highest BCUT2D eigenvalue weighted by Crippen LogP contribution is 2.28. The summed E-state index contributed by atoms with van der Waals surface area (Å²) in [5.41, 5.74) is 3.89. The molecule has 2 rings (SSSR count). The summed E-state index contributed by atoms with van der Waals surface area (Å²) in [6.07, 6.45) is 0. The number of aromatic nitrogens is 2. The van der Waals surface area contributed by atoms with Gasteiger partial charge < -0.3 is 10.5 Å². The maximum absolute atomic E-state index is 12.6. The summed E-state index contributed by atoms with van der Waals surface area (Å²) in [6.45, 7) is 3.36. The molecular formula is C17H19ClN4O6. The number of ketones is 1. The number of nitro groups is 1. The molecule has 1 heterocycles. The Morgan fingerprint density at radius 2 is 2.00 bits per heavy atom. The number of nitrogen functional groups attached to an aromatic ring is 1. The number of carbonyl (C=O) groups is 1. The number of anilines is 1. The second kappa shape index (κ2) is 8.26. The molecule has 0 radical (unpaired) electrons. The van der Waals surface area contributed by atoms with E-state index in [1.54, 1.807) is 0 Å². The number of nitro benzene ring substituents is 1. The van der Waals surface area contributed by atoms with E-state index in [4.69, 9.17) is 22.1 Å². The molecule has 2 N–H and O–H groups in total. The summed E-state index contributed by atoms with van der Waals surface area (Å²) < 4.78 is 7.27. The third kappa shape index (κ3) is 4.22. The molecule has 0 spiro atoms. The Morgan fingerprint density at radius 1 is 1.36 bits per heavy atom. The van der Waals surface area contributed by atoms with Gasteiger partial charge in [0.2, 0.25) is 5.78 Å². The van der Waals surface area contributed by atoms with Crippen molar-refractivity contribution < 1.29 is 14.5 Å². The lowest BCUT2D eigenvalue weighted by Gasteiger charge is -2.16. The van der Waals surface area contributed by atoms with Gasteiger partial charge in [0.05, 0.1) is 9.95 Å². The molecule has 11 heteroatoms. The van der Waals surface area contributed by atoms with Crippen molar-refractivity contribution in [2.24, 2.45) is 13.0 Å². The molecule has 2 aromatic rings. The molecule has 0 aliphatic carbocycles. The van der Waals surface area contributed by atoms with Crippen LogP contribution in [0.4, 0.5) is 11.5 Å². The fraction of sp³-hybridized carbons (Fsp3) is 0.353. The smallest absolute Gasteiger partial charge is 0.332 e. The minimum absolute atomic E-state index is 0.0338. The lowest BCUT2D eigenvalue weighted by atomic mass is 10.1. The van der Waals surface area contributed by atoms with Crippen molar-refractivity contribution in [2.45, 2.75) is 20.4 Å². The Bertz CT molecular complexity index is 1060. The van der Waals surface area contributed by atoms with Crippen LogP contribution in [0, 0.1) is 16.0 Å². The quantitative estimate of drug-likeness (QED) is 0.415. The van der Waals surface area contributed by atoms with E-state index in [1.807, 2.05) is 13.8 Å². The Balaban J connectivity index is 2.35. The number of rotatable bonds is 7. The third-order valence-electron chi connectivity index (χ3n) is 3.89. The van der Waals surface area contributed by atoms with Crippen LogP contribution in [0.1, 0.15) is 24.2 Å². The number of non-ortho nitro benzene ring substituents is 1. The lowest BCUT2D eigenvalue weighted by molar-refractivity contribution is -0.384. The highest BCUT2D eigenvalue weighted by Gasteiger charge is 2.22. The van der Waals surface area contributed by atoms with Crippen molar-refractivity contribution in [1.29, 1.82) is 0 Å². The minimum Gasteiger partial charge on any atom is -0.484 e. The first-order chi connectivity index (χ1) is 13.0.